The number of ether oxygens (including phenoxy) is 1. The van der Waals surface area contributed by atoms with Crippen LogP contribution in [0.25, 0.3) is 0 Å². The Kier molecular flexibility index (Phi) is 6.29. The molecule has 0 N–H and O–H groups in total. The van der Waals surface area contributed by atoms with Gasteiger partial charge in [0, 0.05) is 44.5 Å². The fourth-order valence-corrected chi connectivity index (χ4v) is 3.28. The predicted octanol–water partition coefficient (Wildman–Crippen LogP) is 3.96. The van der Waals surface area contributed by atoms with Crippen molar-refractivity contribution in [3.8, 4) is 0 Å². The molecule has 4 heteroatoms. The van der Waals surface area contributed by atoms with Crippen LogP contribution in [0.3, 0.4) is 0 Å². The summed E-state index contributed by atoms with van der Waals surface area (Å²) in [6.07, 6.45) is 2.25. The van der Waals surface area contributed by atoms with Crippen molar-refractivity contribution in [3.63, 3.8) is 0 Å². The lowest BCUT2D eigenvalue weighted by atomic mass is 10.1. The summed E-state index contributed by atoms with van der Waals surface area (Å²) in [5, 5.41) is 0. The maximum atomic E-state index is 13.1. The second-order valence-electron chi connectivity index (χ2n) is 6.87. The van der Waals surface area contributed by atoms with Gasteiger partial charge < -0.3 is 14.5 Å². The second kappa shape index (κ2) is 8.86. The summed E-state index contributed by atoms with van der Waals surface area (Å²) in [5.74, 6) is 0.0649. The summed E-state index contributed by atoms with van der Waals surface area (Å²) in [6, 6.07) is 18.0. The van der Waals surface area contributed by atoms with Gasteiger partial charge in [-0.25, -0.2) is 0 Å². The fraction of sp³-hybridized carbons (Fsp3) is 0.409. The molecule has 1 heterocycles. The zero-order valence-electron chi connectivity index (χ0n) is 15.7. The maximum Gasteiger partial charge on any atom is 0.254 e. The Morgan fingerprint density at radius 2 is 1.85 bits per heavy atom. The molecule has 2 aromatic carbocycles. The summed E-state index contributed by atoms with van der Waals surface area (Å²) >= 11 is 0. The fourth-order valence-electron chi connectivity index (χ4n) is 3.28. The van der Waals surface area contributed by atoms with E-state index >= 15 is 0 Å². The lowest BCUT2D eigenvalue weighted by Crippen LogP contribution is -2.37. The van der Waals surface area contributed by atoms with Crippen molar-refractivity contribution in [3.05, 3.63) is 65.7 Å². The van der Waals surface area contributed by atoms with Gasteiger partial charge in [0.2, 0.25) is 0 Å². The molecule has 26 heavy (non-hydrogen) atoms. The molecule has 0 aromatic heterocycles. The average molecular weight is 352 g/mol. The van der Waals surface area contributed by atoms with Crippen LogP contribution < -0.4 is 4.90 Å². The van der Waals surface area contributed by atoms with Gasteiger partial charge in [-0.3, -0.25) is 4.79 Å². The highest BCUT2D eigenvalue weighted by atomic mass is 16.5. The first-order chi connectivity index (χ1) is 12.7. The largest absolute Gasteiger partial charge is 0.376 e. The minimum atomic E-state index is 0.0649. The van der Waals surface area contributed by atoms with Crippen LogP contribution in [0.4, 0.5) is 5.69 Å². The Morgan fingerprint density at radius 1 is 1.12 bits per heavy atom. The number of carbonyl (C=O) groups excluding carboxylic acids is 1. The Hall–Kier alpha value is -2.33. The molecule has 1 aliphatic heterocycles. The van der Waals surface area contributed by atoms with E-state index in [1.54, 1.807) is 0 Å². The van der Waals surface area contributed by atoms with Crippen molar-refractivity contribution in [1.82, 2.24) is 4.90 Å². The highest BCUT2D eigenvalue weighted by molar-refractivity contribution is 5.94. The summed E-state index contributed by atoms with van der Waals surface area (Å²) in [7, 11) is 2.05. The first-order valence-electron chi connectivity index (χ1n) is 9.43. The highest BCUT2D eigenvalue weighted by Crippen LogP contribution is 2.19. The van der Waals surface area contributed by atoms with Crippen molar-refractivity contribution >= 4 is 11.6 Å². The summed E-state index contributed by atoms with van der Waals surface area (Å²) in [4.78, 5) is 17.2. The van der Waals surface area contributed by atoms with E-state index in [0.717, 1.165) is 42.8 Å². The highest BCUT2D eigenvalue weighted by Gasteiger charge is 2.23. The van der Waals surface area contributed by atoms with Crippen LogP contribution in [-0.4, -0.2) is 43.7 Å². The van der Waals surface area contributed by atoms with Crippen LogP contribution in [0.1, 0.15) is 35.7 Å². The van der Waals surface area contributed by atoms with Gasteiger partial charge in [-0.05, 0) is 49.6 Å². The average Bonchev–Trinajstić information content (AvgIpc) is 3.20. The number of rotatable bonds is 7. The number of anilines is 1. The van der Waals surface area contributed by atoms with Crippen LogP contribution in [0.2, 0.25) is 0 Å². The molecule has 2 aromatic rings. The Labute approximate surface area is 156 Å². The van der Waals surface area contributed by atoms with E-state index in [1.165, 1.54) is 0 Å². The molecule has 1 fully saturated rings. The summed E-state index contributed by atoms with van der Waals surface area (Å²) in [5.41, 5.74) is 2.99. The zero-order chi connectivity index (χ0) is 18.4. The zero-order valence-corrected chi connectivity index (χ0v) is 15.7. The van der Waals surface area contributed by atoms with Gasteiger partial charge in [0.1, 0.15) is 0 Å². The molecule has 1 amide bonds. The van der Waals surface area contributed by atoms with Crippen LogP contribution in [-0.2, 0) is 11.3 Å². The quantitative estimate of drug-likeness (QED) is 0.756. The van der Waals surface area contributed by atoms with Gasteiger partial charge in [-0.2, -0.15) is 0 Å². The second-order valence-corrected chi connectivity index (χ2v) is 6.87. The Balaban J connectivity index is 1.76. The molecule has 3 rings (SSSR count). The van der Waals surface area contributed by atoms with Crippen molar-refractivity contribution < 1.29 is 9.53 Å². The van der Waals surface area contributed by atoms with Crippen LogP contribution in [0, 0.1) is 0 Å². The number of amides is 1. The van der Waals surface area contributed by atoms with Crippen LogP contribution in [0.15, 0.2) is 54.6 Å². The van der Waals surface area contributed by atoms with Gasteiger partial charge in [0.25, 0.3) is 5.91 Å². The lowest BCUT2D eigenvalue weighted by molar-refractivity contribution is 0.0507. The van der Waals surface area contributed by atoms with Crippen LogP contribution in [0.5, 0.6) is 0 Å². The first-order valence-corrected chi connectivity index (χ1v) is 9.43. The molecular formula is C22H28N2O2. The molecule has 138 valence electrons. The first kappa shape index (κ1) is 18.5. The number of hydrogen-bond acceptors (Lipinski definition) is 3. The van der Waals surface area contributed by atoms with Crippen molar-refractivity contribution in [1.29, 1.82) is 0 Å². The minimum absolute atomic E-state index is 0.0649. The molecule has 1 unspecified atom stereocenters. The van der Waals surface area contributed by atoms with Gasteiger partial charge >= 0.3 is 0 Å². The number of benzene rings is 2. The number of carbonyl (C=O) groups is 1. The van der Waals surface area contributed by atoms with E-state index in [9.17, 15) is 4.79 Å². The molecule has 0 spiro atoms. The molecular weight excluding hydrogens is 324 g/mol. The normalized spacial score (nSPS) is 16.5. The van der Waals surface area contributed by atoms with Crippen LogP contribution >= 0.6 is 0 Å². The van der Waals surface area contributed by atoms with Gasteiger partial charge in [-0.15, -0.1) is 0 Å². The third kappa shape index (κ3) is 4.64. The van der Waals surface area contributed by atoms with Gasteiger partial charge in [-0.1, -0.05) is 30.3 Å². The van der Waals surface area contributed by atoms with E-state index < -0.39 is 0 Å². The molecule has 1 atom stereocenters. The number of nitrogens with zero attached hydrogens (tertiary/aromatic N) is 2. The number of hydrogen-bond donors (Lipinski definition) is 0. The third-order valence-corrected chi connectivity index (χ3v) is 4.98. The minimum Gasteiger partial charge on any atom is -0.376 e. The van der Waals surface area contributed by atoms with E-state index in [0.29, 0.717) is 13.1 Å². The predicted molar refractivity (Wildman–Crippen MR) is 106 cm³/mol. The van der Waals surface area contributed by atoms with E-state index in [2.05, 4.69) is 31.0 Å². The molecule has 0 saturated carbocycles. The van der Waals surface area contributed by atoms with Gasteiger partial charge in [0.15, 0.2) is 0 Å². The Bertz CT molecular complexity index is 694. The van der Waals surface area contributed by atoms with E-state index in [1.807, 2.05) is 47.4 Å². The molecule has 0 aliphatic carbocycles. The van der Waals surface area contributed by atoms with Gasteiger partial charge in [0.05, 0.1) is 6.10 Å². The topological polar surface area (TPSA) is 32.8 Å². The standard InChI is InChI=1S/C22H28N2O2/c1-3-23(2)20-13-11-19(12-14-20)22(25)24(17-21-10-7-15-26-21)16-18-8-5-4-6-9-18/h4-6,8-9,11-14,21H,3,7,10,15-17H2,1-2H3. The maximum absolute atomic E-state index is 13.1. The van der Waals surface area contributed by atoms with Crippen molar-refractivity contribution in [2.75, 3.05) is 31.6 Å². The molecule has 1 saturated heterocycles. The molecule has 1 aliphatic rings. The van der Waals surface area contributed by atoms with Crippen molar-refractivity contribution in [2.24, 2.45) is 0 Å². The molecule has 4 nitrogen and oxygen atoms in total. The molecule has 0 radical (unpaired) electrons. The SMILES string of the molecule is CCN(C)c1ccc(C(=O)N(Cc2ccccc2)CC2CCCO2)cc1. The van der Waals surface area contributed by atoms with Crippen molar-refractivity contribution in [2.45, 2.75) is 32.4 Å². The van der Waals surface area contributed by atoms with E-state index in [-0.39, 0.29) is 12.0 Å². The monoisotopic (exact) mass is 352 g/mol. The smallest absolute Gasteiger partial charge is 0.254 e. The Morgan fingerprint density at radius 3 is 2.46 bits per heavy atom. The van der Waals surface area contributed by atoms with E-state index in [4.69, 9.17) is 4.74 Å². The molecule has 0 bridgehead atoms. The third-order valence-electron chi connectivity index (χ3n) is 4.98. The summed E-state index contributed by atoms with van der Waals surface area (Å²) < 4.78 is 5.77. The summed E-state index contributed by atoms with van der Waals surface area (Å²) in [6.45, 7) is 5.10. The lowest BCUT2D eigenvalue weighted by Gasteiger charge is -2.26.